The van der Waals surface area contributed by atoms with Gasteiger partial charge in [-0.3, -0.25) is 14.5 Å². The van der Waals surface area contributed by atoms with Gasteiger partial charge in [0.15, 0.2) is 0 Å². The molecule has 0 radical (unpaired) electrons. The fourth-order valence-electron chi connectivity index (χ4n) is 7.82. The lowest BCUT2D eigenvalue weighted by Gasteiger charge is -2.56. The number of ketones is 1. The Bertz CT molecular complexity index is 757. The third kappa shape index (κ3) is 3.80. The summed E-state index contributed by atoms with van der Waals surface area (Å²) in [6.45, 7) is 8.84. The third-order valence-corrected chi connectivity index (χ3v) is 9.80. The van der Waals surface area contributed by atoms with Gasteiger partial charge in [-0.1, -0.05) is 25.5 Å². The molecule has 1 heterocycles. The van der Waals surface area contributed by atoms with Crippen LogP contribution in [0.2, 0.25) is 0 Å². The van der Waals surface area contributed by atoms with Crippen molar-refractivity contribution in [3.8, 4) is 0 Å². The van der Waals surface area contributed by atoms with Crippen molar-refractivity contribution in [1.29, 1.82) is 0 Å². The van der Waals surface area contributed by atoms with Crippen LogP contribution in [-0.2, 0) is 19.1 Å². The molecule has 0 bridgehead atoms. The zero-order valence-corrected chi connectivity index (χ0v) is 19.4. The monoisotopic (exact) mass is 429 g/mol. The Morgan fingerprint density at radius 3 is 2.68 bits per heavy atom. The van der Waals surface area contributed by atoms with Crippen molar-refractivity contribution in [2.75, 3.05) is 32.8 Å². The zero-order valence-electron chi connectivity index (χ0n) is 19.4. The summed E-state index contributed by atoms with van der Waals surface area (Å²) in [5, 5.41) is 0. The van der Waals surface area contributed by atoms with Crippen LogP contribution in [-0.4, -0.2) is 55.6 Å². The maximum absolute atomic E-state index is 12.6. The summed E-state index contributed by atoms with van der Waals surface area (Å²) in [5.41, 5.74) is 1.70. The normalized spacial score (nSPS) is 42.9. The van der Waals surface area contributed by atoms with Crippen LogP contribution in [0.5, 0.6) is 0 Å². The maximum Gasteiger partial charge on any atom is 0.307 e. The van der Waals surface area contributed by atoms with Gasteiger partial charge in [0, 0.05) is 37.9 Å². The predicted octanol–water partition coefficient (Wildman–Crippen LogP) is 4.15. The quantitative estimate of drug-likeness (QED) is 0.496. The molecule has 1 aliphatic heterocycles. The summed E-state index contributed by atoms with van der Waals surface area (Å²) in [7, 11) is 0. The molecule has 0 aromatic carbocycles. The molecule has 172 valence electrons. The largest absolute Gasteiger partial charge is 0.462 e. The second-order valence-corrected chi connectivity index (χ2v) is 11.2. The summed E-state index contributed by atoms with van der Waals surface area (Å²) in [6.07, 6.45) is 11.2. The molecular formula is C26H39NO4. The fraction of sp³-hybridized carbons (Fsp3) is 0.846. The second-order valence-electron chi connectivity index (χ2n) is 11.2. The second kappa shape index (κ2) is 8.30. The number of nitrogens with zero attached hydrogens (tertiary/aromatic N) is 1. The van der Waals surface area contributed by atoms with E-state index >= 15 is 0 Å². The molecule has 5 aliphatic rings. The predicted molar refractivity (Wildman–Crippen MR) is 118 cm³/mol. The van der Waals surface area contributed by atoms with Crippen LogP contribution in [0, 0.1) is 28.6 Å². The van der Waals surface area contributed by atoms with E-state index in [1.165, 1.54) is 12.0 Å². The van der Waals surface area contributed by atoms with Crippen molar-refractivity contribution in [2.24, 2.45) is 28.6 Å². The molecule has 3 saturated carbocycles. The Labute approximate surface area is 186 Å². The highest BCUT2D eigenvalue weighted by Crippen LogP contribution is 2.64. The van der Waals surface area contributed by atoms with Crippen LogP contribution in [0.4, 0.5) is 0 Å². The SMILES string of the molecule is CC12CCC3C(CC=C4CC(OC(=O)CCN5CCOCC5)CCC43C)C1CCC2=O. The molecule has 0 N–H and O–H groups in total. The molecular weight excluding hydrogens is 390 g/mol. The van der Waals surface area contributed by atoms with Crippen molar-refractivity contribution in [3.63, 3.8) is 0 Å². The van der Waals surface area contributed by atoms with Gasteiger partial charge in [0.2, 0.25) is 0 Å². The van der Waals surface area contributed by atoms with E-state index in [9.17, 15) is 9.59 Å². The molecule has 0 aromatic heterocycles. The van der Waals surface area contributed by atoms with E-state index in [2.05, 4.69) is 24.8 Å². The molecule has 4 fully saturated rings. The van der Waals surface area contributed by atoms with Gasteiger partial charge < -0.3 is 9.47 Å². The maximum atomic E-state index is 12.6. The number of esters is 1. The standard InChI is InChI=1S/C26H39NO4/c1-25-10-7-19(31-24(29)9-12-27-13-15-30-16-14-27)17-18(25)3-4-20-21-5-6-23(28)26(21,2)11-8-22(20)25/h3,19-22H,4-17H2,1-2H3. The fourth-order valence-corrected chi connectivity index (χ4v) is 7.82. The van der Waals surface area contributed by atoms with Crippen molar-refractivity contribution in [2.45, 2.75) is 77.7 Å². The summed E-state index contributed by atoms with van der Waals surface area (Å²) in [4.78, 5) is 27.4. The number of carbonyl (C=O) groups is 2. The smallest absolute Gasteiger partial charge is 0.307 e. The van der Waals surface area contributed by atoms with Gasteiger partial charge in [0.25, 0.3) is 0 Å². The van der Waals surface area contributed by atoms with E-state index < -0.39 is 0 Å². The first kappa shape index (κ1) is 21.6. The van der Waals surface area contributed by atoms with Crippen LogP contribution in [0.3, 0.4) is 0 Å². The number of hydrogen-bond donors (Lipinski definition) is 0. The number of Topliss-reactive ketones (excluding diaryl/α,β-unsaturated/α-hetero) is 1. The van der Waals surface area contributed by atoms with Gasteiger partial charge in [0.1, 0.15) is 11.9 Å². The summed E-state index contributed by atoms with van der Waals surface area (Å²) < 4.78 is 11.3. The Hall–Kier alpha value is -1.20. The first-order valence-corrected chi connectivity index (χ1v) is 12.6. The van der Waals surface area contributed by atoms with Crippen molar-refractivity contribution in [1.82, 2.24) is 4.90 Å². The van der Waals surface area contributed by atoms with Crippen LogP contribution in [0.1, 0.15) is 71.6 Å². The zero-order chi connectivity index (χ0) is 21.6. The Morgan fingerprint density at radius 1 is 1.13 bits per heavy atom. The molecule has 0 aromatic rings. The number of fused-ring (bicyclic) bond motifs is 5. The average molecular weight is 430 g/mol. The Kier molecular flexibility index (Phi) is 5.79. The molecule has 5 heteroatoms. The average Bonchev–Trinajstić information content (AvgIpc) is 3.08. The van der Waals surface area contributed by atoms with Gasteiger partial charge in [0.05, 0.1) is 19.6 Å². The summed E-state index contributed by atoms with van der Waals surface area (Å²) >= 11 is 0. The molecule has 5 nitrogen and oxygen atoms in total. The van der Waals surface area contributed by atoms with Gasteiger partial charge in [-0.05, 0) is 61.7 Å². The third-order valence-electron chi connectivity index (χ3n) is 9.80. The molecule has 31 heavy (non-hydrogen) atoms. The van der Waals surface area contributed by atoms with E-state index in [1.807, 2.05) is 0 Å². The minimum Gasteiger partial charge on any atom is -0.462 e. The minimum atomic E-state index is -0.0594. The first-order chi connectivity index (χ1) is 14.9. The van der Waals surface area contributed by atoms with Gasteiger partial charge in [-0.2, -0.15) is 0 Å². The number of carbonyl (C=O) groups excluding carboxylic acids is 2. The molecule has 6 unspecified atom stereocenters. The van der Waals surface area contributed by atoms with E-state index in [0.29, 0.717) is 30.0 Å². The van der Waals surface area contributed by atoms with Crippen LogP contribution in [0.15, 0.2) is 11.6 Å². The highest BCUT2D eigenvalue weighted by atomic mass is 16.5. The van der Waals surface area contributed by atoms with Gasteiger partial charge in [-0.15, -0.1) is 0 Å². The topological polar surface area (TPSA) is 55.8 Å². The van der Waals surface area contributed by atoms with Crippen LogP contribution in [0.25, 0.3) is 0 Å². The number of ether oxygens (including phenoxy) is 2. The molecule has 4 aliphatic carbocycles. The lowest BCUT2D eigenvalue weighted by atomic mass is 9.48. The summed E-state index contributed by atoms with van der Waals surface area (Å²) in [5.74, 6) is 2.39. The van der Waals surface area contributed by atoms with Crippen molar-refractivity contribution in [3.05, 3.63) is 11.6 Å². The van der Waals surface area contributed by atoms with E-state index in [4.69, 9.17) is 9.47 Å². The number of hydrogen-bond acceptors (Lipinski definition) is 5. The van der Waals surface area contributed by atoms with E-state index in [1.54, 1.807) is 0 Å². The lowest BCUT2D eigenvalue weighted by molar-refractivity contribution is -0.152. The van der Waals surface area contributed by atoms with E-state index in [-0.39, 0.29) is 22.9 Å². The highest BCUT2D eigenvalue weighted by molar-refractivity contribution is 5.87. The number of rotatable bonds is 4. The van der Waals surface area contributed by atoms with Crippen molar-refractivity contribution >= 4 is 11.8 Å². The van der Waals surface area contributed by atoms with Crippen LogP contribution >= 0.6 is 0 Å². The molecule has 5 rings (SSSR count). The molecule has 0 amide bonds. The number of morpholine rings is 1. The first-order valence-electron chi connectivity index (χ1n) is 12.6. The van der Waals surface area contributed by atoms with Crippen molar-refractivity contribution < 1.29 is 19.1 Å². The number of allylic oxidation sites excluding steroid dienone is 1. The molecule has 1 saturated heterocycles. The summed E-state index contributed by atoms with van der Waals surface area (Å²) in [6, 6.07) is 0. The minimum absolute atomic E-state index is 0.0370. The Morgan fingerprint density at radius 2 is 1.87 bits per heavy atom. The van der Waals surface area contributed by atoms with Crippen LogP contribution < -0.4 is 0 Å². The Balaban J connectivity index is 1.20. The lowest BCUT2D eigenvalue weighted by Crippen LogP contribution is -2.50. The van der Waals surface area contributed by atoms with Gasteiger partial charge >= 0.3 is 5.97 Å². The van der Waals surface area contributed by atoms with Gasteiger partial charge in [-0.25, -0.2) is 0 Å². The highest BCUT2D eigenvalue weighted by Gasteiger charge is 2.58. The molecule has 0 spiro atoms. The van der Waals surface area contributed by atoms with E-state index in [0.717, 1.165) is 77.8 Å². The molecule has 6 atom stereocenters.